The topological polar surface area (TPSA) is 154 Å². The van der Waals surface area contributed by atoms with Crippen LogP contribution in [-0.4, -0.2) is 67.7 Å². The number of rotatable bonds is 18. The smallest absolute Gasteiger partial charge is 0.327 e. The zero-order valence-corrected chi connectivity index (χ0v) is 24.2. The second kappa shape index (κ2) is 20.2. The summed E-state index contributed by atoms with van der Waals surface area (Å²) in [6.07, 6.45) is 24.9. The Kier molecular flexibility index (Phi) is 17.8. The molecule has 2 N–H and O–H groups in total. The highest BCUT2D eigenvalue weighted by Gasteiger charge is 2.42. The summed E-state index contributed by atoms with van der Waals surface area (Å²) in [5, 5.41) is 7.70. The van der Waals surface area contributed by atoms with Gasteiger partial charge in [0.2, 0.25) is 0 Å². The maximum atomic E-state index is 12.2. The van der Waals surface area contributed by atoms with Gasteiger partial charge < -0.3 is 19.3 Å². The van der Waals surface area contributed by atoms with Crippen molar-refractivity contribution in [3.05, 3.63) is 48.6 Å². The lowest BCUT2D eigenvalue weighted by Gasteiger charge is -2.29. The monoisotopic (exact) mass is 584 g/mol. The van der Waals surface area contributed by atoms with E-state index in [1.807, 2.05) is 12.2 Å². The van der Waals surface area contributed by atoms with Gasteiger partial charge in [-0.3, -0.25) is 18.9 Å². The van der Waals surface area contributed by atoms with Crippen molar-refractivity contribution >= 4 is 28.0 Å². The number of cyclic esters (lactones) is 2. The SMILES string of the molecule is CCCCC/C=C\C/C=C\C/C=C\C/C=C\CCCC(=O)OCC1(CO)COC(=O)CC(S(=O)(=O)O)C(=O)OC1. The third-order valence-corrected chi connectivity index (χ3v) is 7.20. The van der Waals surface area contributed by atoms with Gasteiger partial charge in [-0.1, -0.05) is 68.4 Å². The Hall–Kier alpha value is -2.76. The van der Waals surface area contributed by atoms with Gasteiger partial charge in [0.1, 0.15) is 19.8 Å². The van der Waals surface area contributed by atoms with Crippen molar-refractivity contribution < 1.29 is 46.7 Å². The molecule has 0 saturated carbocycles. The fraction of sp³-hybridized carbons (Fsp3) is 0.621. The maximum absolute atomic E-state index is 12.2. The molecule has 0 spiro atoms. The third-order valence-electron chi connectivity index (χ3n) is 6.12. The molecule has 226 valence electrons. The van der Waals surface area contributed by atoms with E-state index in [2.05, 4.69) is 43.4 Å². The molecule has 40 heavy (non-hydrogen) atoms. The van der Waals surface area contributed by atoms with Gasteiger partial charge in [0, 0.05) is 6.42 Å². The zero-order chi connectivity index (χ0) is 29.7. The molecule has 0 radical (unpaired) electrons. The second-order valence-electron chi connectivity index (χ2n) is 9.78. The number of carbonyl (C=O) groups is 3. The average molecular weight is 585 g/mol. The summed E-state index contributed by atoms with van der Waals surface area (Å²) in [7, 11) is -4.90. The van der Waals surface area contributed by atoms with Gasteiger partial charge in [-0.2, -0.15) is 8.42 Å². The Balaban J connectivity index is 2.30. The number of aliphatic hydroxyl groups is 1. The predicted molar refractivity (Wildman–Crippen MR) is 151 cm³/mol. The minimum absolute atomic E-state index is 0.115. The fourth-order valence-corrected chi connectivity index (χ4v) is 4.22. The van der Waals surface area contributed by atoms with E-state index in [4.69, 9.17) is 14.2 Å². The number of hydrogen-bond donors (Lipinski definition) is 2. The van der Waals surface area contributed by atoms with Gasteiger partial charge in [0.05, 0.1) is 18.4 Å². The minimum atomic E-state index is -4.90. The van der Waals surface area contributed by atoms with Crippen LogP contribution >= 0.6 is 0 Å². The molecule has 0 aromatic heterocycles. The van der Waals surface area contributed by atoms with Crippen molar-refractivity contribution in [1.29, 1.82) is 0 Å². The molecule has 0 bridgehead atoms. The number of allylic oxidation sites excluding steroid dienone is 8. The third kappa shape index (κ3) is 15.7. The minimum Gasteiger partial charge on any atom is -0.465 e. The molecule has 1 aliphatic heterocycles. The van der Waals surface area contributed by atoms with Crippen molar-refractivity contribution in [3.8, 4) is 0 Å². The van der Waals surface area contributed by atoms with Crippen LogP contribution in [0.25, 0.3) is 0 Å². The first-order chi connectivity index (χ1) is 19.1. The van der Waals surface area contributed by atoms with Crippen molar-refractivity contribution in [2.45, 2.75) is 82.8 Å². The van der Waals surface area contributed by atoms with Crippen LogP contribution in [0, 0.1) is 5.41 Å². The summed E-state index contributed by atoms with van der Waals surface area (Å²) in [4.78, 5) is 36.1. The first-order valence-electron chi connectivity index (χ1n) is 13.8. The van der Waals surface area contributed by atoms with Crippen molar-refractivity contribution in [2.24, 2.45) is 5.41 Å². The molecule has 0 aromatic carbocycles. The largest absolute Gasteiger partial charge is 0.465 e. The summed E-state index contributed by atoms with van der Waals surface area (Å²) >= 11 is 0. The van der Waals surface area contributed by atoms with Crippen LogP contribution in [0.1, 0.15) is 77.6 Å². The number of aliphatic hydroxyl groups excluding tert-OH is 1. The summed E-state index contributed by atoms with van der Waals surface area (Å²) in [5.41, 5.74) is -1.46. The maximum Gasteiger partial charge on any atom is 0.327 e. The molecule has 0 amide bonds. The van der Waals surface area contributed by atoms with E-state index in [1.165, 1.54) is 19.3 Å². The lowest BCUT2D eigenvalue weighted by atomic mass is 9.92. The molecule has 2 unspecified atom stereocenters. The Morgan fingerprint density at radius 2 is 1.48 bits per heavy atom. The standard InChI is InChI=1S/C29H44O10S/c1-2-3-4-5-6-7-8-9-10-11-12-13-14-15-16-17-18-19-26(31)37-22-29(21-30)23-38-27(32)20-25(40(34,35)36)28(33)39-24-29/h6-7,9-10,12-13,15-16,25,30H,2-5,8,11,14,17-24H2,1H3,(H,34,35,36)/b7-6-,10-9-,13-12-,16-15-. The lowest BCUT2D eigenvalue weighted by Crippen LogP contribution is -2.42. The Morgan fingerprint density at radius 1 is 0.925 bits per heavy atom. The van der Waals surface area contributed by atoms with E-state index in [-0.39, 0.29) is 6.42 Å². The molecule has 1 aliphatic rings. The van der Waals surface area contributed by atoms with Gasteiger partial charge >= 0.3 is 17.9 Å². The van der Waals surface area contributed by atoms with Gasteiger partial charge in [0.15, 0.2) is 5.25 Å². The van der Waals surface area contributed by atoms with E-state index in [0.29, 0.717) is 12.8 Å². The van der Waals surface area contributed by atoms with E-state index >= 15 is 0 Å². The first-order valence-corrected chi connectivity index (χ1v) is 15.3. The Labute approximate surface area is 237 Å². The van der Waals surface area contributed by atoms with Crippen LogP contribution in [-0.2, 0) is 38.7 Å². The molecule has 1 rings (SSSR count). The quantitative estimate of drug-likeness (QED) is 0.0779. The first kappa shape index (κ1) is 35.3. The number of esters is 3. The molecule has 0 aliphatic carbocycles. The van der Waals surface area contributed by atoms with Crippen molar-refractivity contribution in [3.63, 3.8) is 0 Å². The van der Waals surface area contributed by atoms with Gasteiger partial charge in [-0.25, -0.2) is 0 Å². The lowest BCUT2D eigenvalue weighted by molar-refractivity contribution is -0.161. The summed E-state index contributed by atoms with van der Waals surface area (Å²) in [5.74, 6) is -2.98. The van der Waals surface area contributed by atoms with Crippen LogP contribution in [0.5, 0.6) is 0 Å². The number of unbranched alkanes of at least 4 members (excludes halogenated alkanes) is 4. The summed E-state index contributed by atoms with van der Waals surface area (Å²) < 4.78 is 47.0. The van der Waals surface area contributed by atoms with Crippen LogP contribution in [0.3, 0.4) is 0 Å². The highest BCUT2D eigenvalue weighted by Crippen LogP contribution is 2.23. The highest BCUT2D eigenvalue weighted by molar-refractivity contribution is 7.87. The molecule has 0 aromatic rings. The van der Waals surface area contributed by atoms with Crippen molar-refractivity contribution in [2.75, 3.05) is 26.4 Å². The molecule has 1 heterocycles. The summed E-state index contributed by atoms with van der Waals surface area (Å²) in [6, 6.07) is 0. The van der Waals surface area contributed by atoms with Gasteiger partial charge in [-0.05, 0) is 44.9 Å². The Bertz CT molecular complexity index is 996. The Morgan fingerprint density at radius 3 is 2.02 bits per heavy atom. The van der Waals surface area contributed by atoms with E-state index in [1.54, 1.807) is 0 Å². The molecule has 10 nitrogen and oxygen atoms in total. The number of ether oxygens (including phenoxy) is 3. The molecule has 1 fully saturated rings. The van der Waals surface area contributed by atoms with E-state index in [0.717, 1.165) is 25.7 Å². The van der Waals surface area contributed by atoms with Crippen LogP contribution in [0.4, 0.5) is 0 Å². The van der Waals surface area contributed by atoms with Crippen LogP contribution in [0.2, 0.25) is 0 Å². The summed E-state index contributed by atoms with van der Waals surface area (Å²) in [6.45, 7) is 0.0833. The molecule has 1 saturated heterocycles. The van der Waals surface area contributed by atoms with E-state index in [9.17, 15) is 32.5 Å². The second-order valence-corrected chi connectivity index (χ2v) is 11.4. The van der Waals surface area contributed by atoms with Gasteiger partial charge in [-0.15, -0.1) is 0 Å². The van der Waals surface area contributed by atoms with Crippen molar-refractivity contribution in [1.82, 2.24) is 0 Å². The molecular weight excluding hydrogens is 540 g/mol. The number of hydrogen-bond acceptors (Lipinski definition) is 9. The zero-order valence-electron chi connectivity index (χ0n) is 23.4. The van der Waals surface area contributed by atoms with E-state index < -0.39 is 71.5 Å². The van der Waals surface area contributed by atoms with Gasteiger partial charge in [0.25, 0.3) is 10.1 Å². The normalized spacial score (nSPS) is 21.0. The molecular formula is C29H44O10S. The average Bonchev–Trinajstić information content (AvgIpc) is 2.98. The van der Waals surface area contributed by atoms with Crippen LogP contribution < -0.4 is 0 Å². The number of carbonyl (C=O) groups excluding carboxylic acids is 3. The van der Waals surface area contributed by atoms with Crippen LogP contribution in [0.15, 0.2) is 48.6 Å². The molecule has 11 heteroatoms. The fourth-order valence-electron chi connectivity index (χ4n) is 3.56. The highest BCUT2D eigenvalue weighted by atomic mass is 32.2. The molecule has 2 atom stereocenters. The predicted octanol–water partition coefficient (Wildman–Crippen LogP) is 4.40.